The third kappa shape index (κ3) is 3.65. The predicted octanol–water partition coefficient (Wildman–Crippen LogP) is 4.53. The lowest BCUT2D eigenvalue weighted by molar-refractivity contribution is -0.137. The molecule has 2 nitrogen and oxygen atoms in total. The van der Waals surface area contributed by atoms with Crippen molar-refractivity contribution < 1.29 is 13.2 Å². The van der Waals surface area contributed by atoms with Gasteiger partial charge < -0.3 is 11.1 Å². The molecule has 0 bridgehead atoms. The summed E-state index contributed by atoms with van der Waals surface area (Å²) in [6, 6.07) is 6.88. The van der Waals surface area contributed by atoms with Crippen molar-refractivity contribution in [2.45, 2.75) is 12.2 Å². The van der Waals surface area contributed by atoms with Gasteiger partial charge in [0, 0.05) is 22.1 Å². The number of halogens is 4. The van der Waals surface area contributed by atoms with Crippen LogP contribution in [0.2, 0.25) is 5.02 Å². The van der Waals surface area contributed by atoms with Gasteiger partial charge in [0.1, 0.15) is 0 Å². The molecule has 3 N–H and O–H groups in total. The highest BCUT2D eigenvalue weighted by atomic mass is 35.5. The molecular formula is C13H12ClF3N2S. The van der Waals surface area contributed by atoms with Crippen molar-refractivity contribution in [2.24, 2.45) is 5.73 Å². The van der Waals surface area contributed by atoms with Crippen LogP contribution in [0.3, 0.4) is 0 Å². The summed E-state index contributed by atoms with van der Waals surface area (Å²) in [6.07, 6.45) is -4.43. The first kappa shape index (κ1) is 15.2. The number of thiophene rings is 1. The number of benzene rings is 1. The maximum atomic E-state index is 12.7. The van der Waals surface area contributed by atoms with Crippen LogP contribution in [0.25, 0.3) is 0 Å². The highest BCUT2D eigenvalue weighted by Gasteiger charge is 2.31. The van der Waals surface area contributed by atoms with E-state index < -0.39 is 11.7 Å². The number of hydrogen-bond acceptors (Lipinski definition) is 3. The zero-order chi connectivity index (χ0) is 14.8. The first-order chi connectivity index (χ1) is 9.40. The van der Waals surface area contributed by atoms with E-state index in [1.54, 1.807) is 0 Å². The number of nitrogens with two attached hydrogens (primary N) is 1. The molecule has 1 aromatic carbocycles. The Bertz CT molecular complexity index is 569. The summed E-state index contributed by atoms with van der Waals surface area (Å²) in [7, 11) is 0. The average molecular weight is 321 g/mol. The van der Waals surface area contributed by atoms with E-state index in [2.05, 4.69) is 5.32 Å². The molecule has 0 fully saturated rings. The molecule has 0 spiro atoms. The van der Waals surface area contributed by atoms with Crippen LogP contribution in [-0.2, 0) is 6.18 Å². The molecule has 2 aromatic rings. The molecule has 0 saturated carbocycles. The van der Waals surface area contributed by atoms with Crippen molar-refractivity contribution in [3.63, 3.8) is 0 Å². The van der Waals surface area contributed by atoms with Gasteiger partial charge in [-0.05, 0) is 29.6 Å². The van der Waals surface area contributed by atoms with E-state index in [-0.39, 0.29) is 17.6 Å². The zero-order valence-corrected chi connectivity index (χ0v) is 11.8. The molecule has 0 radical (unpaired) electrons. The van der Waals surface area contributed by atoms with Gasteiger partial charge in [0.2, 0.25) is 0 Å². The van der Waals surface area contributed by atoms with E-state index >= 15 is 0 Å². The second-order valence-corrected chi connectivity index (χ2v) is 5.59. The summed E-state index contributed by atoms with van der Waals surface area (Å²) >= 11 is 7.23. The quantitative estimate of drug-likeness (QED) is 0.868. The number of hydrogen-bond donors (Lipinski definition) is 2. The van der Waals surface area contributed by atoms with Crippen LogP contribution >= 0.6 is 22.9 Å². The van der Waals surface area contributed by atoms with Crippen LogP contribution in [0.1, 0.15) is 16.5 Å². The van der Waals surface area contributed by atoms with Gasteiger partial charge in [-0.3, -0.25) is 0 Å². The molecule has 2 rings (SSSR count). The molecule has 0 aliphatic rings. The largest absolute Gasteiger partial charge is 0.416 e. The van der Waals surface area contributed by atoms with Crippen molar-refractivity contribution >= 4 is 28.6 Å². The fourth-order valence-corrected chi connectivity index (χ4v) is 2.80. The third-order valence-electron chi connectivity index (χ3n) is 2.69. The summed E-state index contributed by atoms with van der Waals surface area (Å²) in [5, 5.41) is 4.90. The van der Waals surface area contributed by atoms with Crippen LogP contribution in [0.5, 0.6) is 0 Å². The smallest absolute Gasteiger partial charge is 0.376 e. The van der Waals surface area contributed by atoms with Crippen LogP contribution in [0.4, 0.5) is 18.9 Å². The lowest BCUT2D eigenvalue weighted by Crippen LogP contribution is -2.20. The van der Waals surface area contributed by atoms with Crippen molar-refractivity contribution in [3.05, 3.63) is 51.2 Å². The molecule has 7 heteroatoms. The molecule has 108 valence electrons. The van der Waals surface area contributed by atoms with E-state index in [1.807, 2.05) is 17.5 Å². The number of alkyl halides is 3. The second kappa shape index (κ2) is 6.03. The lowest BCUT2D eigenvalue weighted by atomic mass is 10.1. The topological polar surface area (TPSA) is 38.0 Å². The van der Waals surface area contributed by atoms with Gasteiger partial charge in [0.15, 0.2) is 0 Å². The van der Waals surface area contributed by atoms with Crippen LogP contribution in [0, 0.1) is 0 Å². The first-order valence-electron chi connectivity index (χ1n) is 5.78. The summed E-state index contributed by atoms with van der Waals surface area (Å²) in [4.78, 5) is 0.959. The number of rotatable bonds is 4. The second-order valence-electron chi connectivity index (χ2n) is 4.17. The highest BCUT2D eigenvalue weighted by Crippen LogP contribution is 2.34. The molecule has 1 heterocycles. The minimum absolute atomic E-state index is 0.0317. The Hall–Kier alpha value is -1.24. The van der Waals surface area contributed by atoms with Crippen LogP contribution in [0.15, 0.2) is 35.7 Å². The van der Waals surface area contributed by atoms with Gasteiger partial charge in [0.05, 0.1) is 11.6 Å². The Morgan fingerprint density at radius 1 is 1.30 bits per heavy atom. The standard InChI is InChI=1S/C13H12ClF3N2S/c14-9-4-8(13(15,16)17)5-10(6-9)19-11(7-18)12-2-1-3-20-12/h1-6,11,19H,7,18H2. The predicted molar refractivity (Wildman–Crippen MR) is 76.2 cm³/mol. The van der Waals surface area contributed by atoms with E-state index in [9.17, 15) is 13.2 Å². The summed E-state index contributed by atoms with van der Waals surface area (Å²) < 4.78 is 38.2. The first-order valence-corrected chi connectivity index (χ1v) is 7.03. The Balaban J connectivity index is 2.27. The van der Waals surface area contributed by atoms with Crippen LogP contribution in [-0.4, -0.2) is 6.54 Å². The fourth-order valence-electron chi connectivity index (χ4n) is 1.77. The minimum Gasteiger partial charge on any atom is -0.376 e. The molecule has 0 aliphatic heterocycles. The summed E-state index contributed by atoms with van der Waals surface area (Å²) in [6.45, 7) is 0.272. The molecule has 0 aliphatic carbocycles. The van der Waals surface area contributed by atoms with E-state index in [4.69, 9.17) is 17.3 Å². The lowest BCUT2D eigenvalue weighted by Gasteiger charge is -2.18. The van der Waals surface area contributed by atoms with E-state index in [0.29, 0.717) is 5.69 Å². The van der Waals surface area contributed by atoms with Gasteiger partial charge in [0.25, 0.3) is 0 Å². The number of nitrogens with one attached hydrogen (secondary N) is 1. The van der Waals surface area contributed by atoms with Crippen molar-refractivity contribution in [1.29, 1.82) is 0 Å². The normalized spacial score (nSPS) is 13.2. The Morgan fingerprint density at radius 2 is 2.05 bits per heavy atom. The maximum absolute atomic E-state index is 12.7. The Labute approximate surface area is 123 Å². The fraction of sp³-hybridized carbons (Fsp3) is 0.231. The third-order valence-corrected chi connectivity index (χ3v) is 3.89. The van der Waals surface area contributed by atoms with Gasteiger partial charge >= 0.3 is 6.18 Å². The zero-order valence-electron chi connectivity index (χ0n) is 10.2. The van der Waals surface area contributed by atoms with E-state index in [0.717, 1.165) is 17.0 Å². The molecular weight excluding hydrogens is 309 g/mol. The molecule has 1 atom stereocenters. The molecule has 0 saturated heterocycles. The Kier molecular flexibility index (Phi) is 4.57. The maximum Gasteiger partial charge on any atom is 0.416 e. The Morgan fingerprint density at radius 3 is 2.60 bits per heavy atom. The van der Waals surface area contributed by atoms with Crippen LogP contribution < -0.4 is 11.1 Å². The van der Waals surface area contributed by atoms with Gasteiger partial charge in [-0.2, -0.15) is 13.2 Å². The molecule has 1 aromatic heterocycles. The highest BCUT2D eigenvalue weighted by molar-refractivity contribution is 7.10. The molecule has 1 unspecified atom stereocenters. The average Bonchev–Trinajstić information content (AvgIpc) is 2.88. The molecule has 0 amide bonds. The monoisotopic (exact) mass is 320 g/mol. The van der Waals surface area contributed by atoms with Gasteiger partial charge in [-0.1, -0.05) is 17.7 Å². The van der Waals surface area contributed by atoms with Crippen molar-refractivity contribution in [1.82, 2.24) is 0 Å². The summed E-state index contributed by atoms with van der Waals surface area (Å²) in [5.41, 5.74) is 5.18. The van der Waals surface area contributed by atoms with Crippen molar-refractivity contribution in [2.75, 3.05) is 11.9 Å². The SMILES string of the molecule is NCC(Nc1cc(Cl)cc(C(F)(F)F)c1)c1cccs1. The summed E-state index contributed by atoms with van der Waals surface area (Å²) in [5.74, 6) is 0. The molecule has 20 heavy (non-hydrogen) atoms. The van der Waals surface area contributed by atoms with Gasteiger partial charge in [-0.25, -0.2) is 0 Å². The van der Waals surface area contributed by atoms with Crippen molar-refractivity contribution in [3.8, 4) is 0 Å². The minimum atomic E-state index is -4.43. The van der Waals surface area contributed by atoms with Gasteiger partial charge in [-0.15, -0.1) is 11.3 Å². The number of anilines is 1. The van der Waals surface area contributed by atoms with E-state index in [1.165, 1.54) is 17.4 Å².